The van der Waals surface area contributed by atoms with Gasteiger partial charge in [0.15, 0.2) is 0 Å². The average Bonchev–Trinajstić information content (AvgIpc) is 2.99. The molecule has 0 spiro atoms. The van der Waals surface area contributed by atoms with Gasteiger partial charge >= 0.3 is 0 Å². The van der Waals surface area contributed by atoms with Crippen LogP contribution in [0.25, 0.3) is 11.0 Å². The van der Waals surface area contributed by atoms with Gasteiger partial charge in [0.25, 0.3) is 0 Å². The summed E-state index contributed by atoms with van der Waals surface area (Å²) in [5.74, 6) is 0. The highest BCUT2D eigenvalue weighted by atomic mass is 35.5. The lowest BCUT2D eigenvalue weighted by Gasteiger charge is -1.98. The highest BCUT2D eigenvalue weighted by Gasteiger charge is 2.09. The van der Waals surface area contributed by atoms with Gasteiger partial charge in [-0.1, -0.05) is 34.8 Å². The number of hydrogen-bond donors (Lipinski definition) is 2. The van der Waals surface area contributed by atoms with Gasteiger partial charge in [-0.15, -0.1) is 0 Å². The third-order valence-corrected chi connectivity index (χ3v) is 3.21. The normalized spacial score (nSPS) is 10.1. The zero-order chi connectivity index (χ0) is 12.3. The molecule has 0 radical (unpaired) electrons. The molecule has 0 aliphatic carbocycles. The predicted molar refractivity (Wildman–Crippen MR) is 69.7 cm³/mol. The standard InChI is InChI=1S/C7H3Cl3N2.C3H4N2/c8-3-1-4-7(12-2-11-4)6(10)5(3)9;1-2-5-3-4-1/h1-2H,(H,11,12);1-3H,(H,4,5). The van der Waals surface area contributed by atoms with Gasteiger partial charge in [-0.25, -0.2) is 9.97 Å². The van der Waals surface area contributed by atoms with E-state index in [9.17, 15) is 0 Å². The van der Waals surface area contributed by atoms with E-state index in [0.717, 1.165) is 5.52 Å². The molecule has 0 fully saturated rings. The summed E-state index contributed by atoms with van der Waals surface area (Å²) in [5.41, 5.74) is 1.43. The molecule has 88 valence electrons. The van der Waals surface area contributed by atoms with Crippen molar-refractivity contribution in [2.45, 2.75) is 0 Å². The van der Waals surface area contributed by atoms with Crippen LogP contribution in [0.4, 0.5) is 0 Å². The predicted octanol–water partition coefficient (Wildman–Crippen LogP) is 3.93. The number of rotatable bonds is 0. The average molecular weight is 290 g/mol. The van der Waals surface area contributed by atoms with Gasteiger partial charge in [-0.3, -0.25) is 0 Å². The lowest BCUT2D eigenvalue weighted by Crippen LogP contribution is -1.75. The fourth-order valence-electron chi connectivity index (χ4n) is 1.20. The number of halogens is 3. The summed E-state index contributed by atoms with van der Waals surface area (Å²) in [7, 11) is 0. The van der Waals surface area contributed by atoms with E-state index < -0.39 is 0 Å². The first kappa shape index (κ1) is 12.2. The lowest BCUT2D eigenvalue weighted by atomic mass is 10.3. The number of nitrogens with zero attached hydrogens (tertiary/aromatic N) is 2. The SMILES string of the molecule is Clc1cc2[nH]cnc2c(Cl)c1Cl.c1c[nH]cn1. The number of fused-ring (bicyclic) bond motifs is 1. The van der Waals surface area contributed by atoms with Crippen molar-refractivity contribution < 1.29 is 0 Å². The molecule has 4 nitrogen and oxygen atoms in total. The van der Waals surface area contributed by atoms with Gasteiger partial charge in [0.1, 0.15) is 5.52 Å². The van der Waals surface area contributed by atoms with Crippen molar-refractivity contribution >= 4 is 45.8 Å². The van der Waals surface area contributed by atoms with E-state index in [1.807, 2.05) is 0 Å². The fourth-order valence-corrected chi connectivity index (χ4v) is 1.85. The first-order valence-electron chi connectivity index (χ1n) is 4.59. The molecule has 0 saturated heterocycles. The Labute approximate surface area is 112 Å². The summed E-state index contributed by atoms with van der Waals surface area (Å²) >= 11 is 17.5. The van der Waals surface area contributed by atoms with Crippen molar-refractivity contribution in [2.24, 2.45) is 0 Å². The summed E-state index contributed by atoms with van der Waals surface area (Å²) in [6, 6.07) is 1.69. The number of H-pyrrole nitrogens is 2. The van der Waals surface area contributed by atoms with E-state index in [-0.39, 0.29) is 0 Å². The first-order chi connectivity index (χ1) is 8.20. The Morgan fingerprint density at radius 2 is 1.88 bits per heavy atom. The van der Waals surface area contributed by atoms with E-state index in [1.165, 1.54) is 0 Å². The maximum atomic E-state index is 5.87. The summed E-state index contributed by atoms with van der Waals surface area (Å²) in [6.07, 6.45) is 6.63. The van der Waals surface area contributed by atoms with E-state index >= 15 is 0 Å². The second-order valence-electron chi connectivity index (χ2n) is 3.05. The van der Waals surface area contributed by atoms with Crippen molar-refractivity contribution in [3.8, 4) is 0 Å². The minimum atomic E-state index is 0.345. The molecule has 0 aliphatic heterocycles. The Morgan fingerprint density at radius 1 is 1.06 bits per heavy atom. The molecule has 2 heterocycles. The summed E-state index contributed by atoms with van der Waals surface area (Å²) in [6.45, 7) is 0. The van der Waals surface area contributed by atoms with Crippen LogP contribution in [0.5, 0.6) is 0 Å². The maximum Gasteiger partial charge on any atom is 0.108 e. The van der Waals surface area contributed by atoms with Crippen LogP contribution in [0.2, 0.25) is 15.1 Å². The number of aromatic nitrogens is 4. The molecule has 0 aliphatic rings. The van der Waals surface area contributed by atoms with Crippen molar-refractivity contribution in [1.82, 2.24) is 19.9 Å². The monoisotopic (exact) mass is 288 g/mol. The van der Waals surface area contributed by atoms with Crippen molar-refractivity contribution in [3.05, 3.63) is 46.2 Å². The third kappa shape index (κ3) is 2.72. The highest BCUT2D eigenvalue weighted by molar-refractivity contribution is 6.50. The van der Waals surface area contributed by atoms with E-state index in [2.05, 4.69) is 19.9 Å². The quantitative estimate of drug-likeness (QED) is 0.616. The zero-order valence-corrected chi connectivity index (χ0v) is 10.7. The minimum Gasteiger partial charge on any atom is -0.351 e. The molecular weight excluding hydrogens is 282 g/mol. The third-order valence-electron chi connectivity index (χ3n) is 1.96. The molecule has 0 saturated carbocycles. The van der Waals surface area contributed by atoms with Crippen LogP contribution in [0.1, 0.15) is 0 Å². The van der Waals surface area contributed by atoms with Crippen LogP contribution in [-0.4, -0.2) is 19.9 Å². The molecule has 3 aromatic rings. The van der Waals surface area contributed by atoms with Crippen LogP contribution in [0.15, 0.2) is 31.1 Å². The largest absolute Gasteiger partial charge is 0.351 e. The molecule has 0 atom stereocenters. The Morgan fingerprint density at radius 3 is 2.47 bits per heavy atom. The van der Waals surface area contributed by atoms with Crippen LogP contribution >= 0.6 is 34.8 Å². The molecule has 7 heteroatoms. The lowest BCUT2D eigenvalue weighted by molar-refractivity contribution is 1.31. The molecule has 0 unspecified atom stereocenters. The second kappa shape index (κ2) is 5.40. The molecule has 3 rings (SSSR count). The Balaban J connectivity index is 0.000000181. The number of benzene rings is 1. The van der Waals surface area contributed by atoms with Crippen molar-refractivity contribution in [2.75, 3.05) is 0 Å². The molecular formula is C10H7Cl3N4. The summed E-state index contributed by atoms with van der Waals surface area (Å²) in [5, 5.41) is 1.16. The van der Waals surface area contributed by atoms with Gasteiger partial charge in [0.05, 0.1) is 33.2 Å². The van der Waals surface area contributed by atoms with Crippen LogP contribution in [0, 0.1) is 0 Å². The first-order valence-corrected chi connectivity index (χ1v) is 5.73. The van der Waals surface area contributed by atoms with E-state index in [4.69, 9.17) is 34.8 Å². The van der Waals surface area contributed by atoms with Crippen molar-refractivity contribution in [3.63, 3.8) is 0 Å². The number of hydrogen-bond acceptors (Lipinski definition) is 2. The topological polar surface area (TPSA) is 57.4 Å². The van der Waals surface area contributed by atoms with Gasteiger partial charge in [-0.05, 0) is 6.07 Å². The number of aromatic amines is 2. The van der Waals surface area contributed by atoms with Crippen molar-refractivity contribution in [1.29, 1.82) is 0 Å². The van der Waals surface area contributed by atoms with Gasteiger partial charge in [0.2, 0.25) is 0 Å². The van der Waals surface area contributed by atoms with E-state index in [0.29, 0.717) is 20.6 Å². The van der Waals surface area contributed by atoms with Gasteiger partial charge in [0, 0.05) is 12.4 Å². The maximum absolute atomic E-state index is 5.87. The molecule has 0 bridgehead atoms. The van der Waals surface area contributed by atoms with Crippen LogP contribution < -0.4 is 0 Å². The molecule has 1 aromatic carbocycles. The Bertz CT molecular complexity index is 586. The van der Waals surface area contributed by atoms with Crippen LogP contribution in [0.3, 0.4) is 0 Å². The molecule has 17 heavy (non-hydrogen) atoms. The van der Waals surface area contributed by atoms with E-state index in [1.54, 1.807) is 31.1 Å². The van der Waals surface area contributed by atoms with Gasteiger partial charge in [-0.2, -0.15) is 0 Å². The highest BCUT2D eigenvalue weighted by Crippen LogP contribution is 2.34. The molecule has 2 aromatic heterocycles. The molecule has 0 amide bonds. The Kier molecular flexibility index (Phi) is 3.89. The number of nitrogens with one attached hydrogen (secondary N) is 2. The second-order valence-corrected chi connectivity index (χ2v) is 4.21. The summed E-state index contributed by atoms with van der Waals surface area (Å²) < 4.78 is 0. The van der Waals surface area contributed by atoms with Gasteiger partial charge < -0.3 is 9.97 Å². The smallest absolute Gasteiger partial charge is 0.108 e. The Hall–Kier alpha value is -1.23. The fraction of sp³-hybridized carbons (Fsp3) is 0. The minimum absolute atomic E-state index is 0.345. The zero-order valence-electron chi connectivity index (χ0n) is 8.42. The number of imidazole rings is 2. The summed E-state index contributed by atoms with van der Waals surface area (Å²) in [4.78, 5) is 13.3. The van der Waals surface area contributed by atoms with Crippen LogP contribution in [-0.2, 0) is 0 Å². The molecule has 2 N–H and O–H groups in total.